The molecule has 2 aromatic rings. The van der Waals surface area contributed by atoms with Crippen LogP contribution < -0.4 is 0 Å². The number of hydrogen-bond acceptors (Lipinski definition) is 3. The number of halogens is 1. The molecule has 16 heavy (non-hydrogen) atoms. The minimum Gasteiger partial charge on any atom is -0.476 e. The van der Waals surface area contributed by atoms with Crippen molar-refractivity contribution < 1.29 is 9.90 Å². The van der Waals surface area contributed by atoms with Crippen LogP contribution in [0.4, 0.5) is 0 Å². The van der Waals surface area contributed by atoms with Gasteiger partial charge >= 0.3 is 5.97 Å². The maximum atomic E-state index is 11.0. The van der Waals surface area contributed by atoms with E-state index < -0.39 is 5.97 Å². The number of thiazole rings is 1. The first-order valence-electron chi connectivity index (χ1n) is 4.54. The number of aryl methyl sites for hydroxylation is 1. The molecule has 1 N–H and O–H groups in total. The third-order valence-electron chi connectivity index (χ3n) is 2.02. The third kappa shape index (κ3) is 2.08. The van der Waals surface area contributed by atoms with Crippen molar-refractivity contribution in [1.82, 2.24) is 4.98 Å². The zero-order chi connectivity index (χ0) is 11.7. The molecule has 0 spiro atoms. The first kappa shape index (κ1) is 11.1. The zero-order valence-corrected chi connectivity index (χ0v) is 9.97. The van der Waals surface area contributed by atoms with Crippen molar-refractivity contribution in [3.8, 4) is 10.4 Å². The van der Waals surface area contributed by atoms with Crippen molar-refractivity contribution in [2.24, 2.45) is 0 Å². The number of aromatic carboxylic acids is 1. The summed E-state index contributed by atoms with van der Waals surface area (Å²) in [5.41, 5.74) is 0.875. The highest BCUT2D eigenvalue weighted by Gasteiger charge is 2.17. The first-order chi connectivity index (χ1) is 7.58. The fraction of sp³-hybridized carbons (Fsp3) is 0.0909. The minimum atomic E-state index is -1.01. The third-order valence-corrected chi connectivity index (χ3v) is 3.28. The summed E-state index contributed by atoms with van der Waals surface area (Å²) in [6.45, 7) is 1.78. The Morgan fingerprint density at radius 3 is 2.88 bits per heavy atom. The van der Waals surface area contributed by atoms with Gasteiger partial charge in [0.2, 0.25) is 0 Å². The molecule has 0 amide bonds. The lowest BCUT2D eigenvalue weighted by atomic mass is 10.1. The monoisotopic (exact) mass is 253 g/mol. The summed E-state index contributed by atoms with van der Waals surface area (Å²) >= 11 is 7.22. The van der Waals surface area contributed by atoms with E-state index in [1.54, 1.807) is 25.1 Å². The van der Waals surface area contributed by atoms with Crippen LogP contribution in [0.5, 0.6) is 0 Å². The molecule has 0 aliphatic rings. The molecule has 5 heteroatoms. The molecule has 1 aromatic heterocycles. The summed E-state index contributed by atoms with van der Waals surface area (Å²) in [7, 11) is 0. The summed E-state index contributed by atoms with van der Waals surface area (Å²) in [4.78, 5) is 15.6. The van der Waals surface area contributed by atoms with Crippen LogP contribution in [-0.4, -0.2) is 16.1 Å². The number of carboxylic acid groups (broad SMARTS) is 1. The van der Waals surface area contributed by atoms with E-state index in [1.807, 2.05) is 6.07 Å². The largest absolute Gasteiger partial charge is 0.476 e. The molecule has 0 aliphatic heterocycles. The Morgan fingerprint density at radius 2 is 2.25 bits per heavy atom. The fourth-order valence-corrected chi connectivity index (χ4v) is 2.49. The lowest BCUT2D eigenvalue weighted by Crippen LogP contribution is -1.98. The summed E-state index contributed by atoms with van der Waals surface area (Å²) < 4.78 is 0. The molecule has 2 rings (SSSR count). The van der Waals surface area contributed by atoms with E-state index in [2.05, 4.69) is 4.98 Å². The van der Waals surface area contributed by atoms with Gasteiger partial charge in [-0.05, 0) is 24.6 Å². The van der Waals surface area contributed by atoms with E-state index in [9.17, 15) is 4.79 Å². The Balaban J connectivity index is 2.59. The van der Waals surface area contributed by atoms with Crippen LogP contribution in [0, 0.1) is 6.92 Å². The van der Waals surface area contributed by atoms with Gasteiger partial charge in [0.15, 0.2) is 5.69 Å². The molecular formula is C11H8ClNO2S. The molecule has 0 atom stereocenters. The highest BCUT2D eigenvalue weighted by Crippen LogP contribution is 2.31. The van der Waals surface area contributed by atoms with Crippen LogP contribution in [0.25, 0.3) is 10.4 Å². The normalized spacial score (nSPS) is 10.4. The van der Waals surface area contributed by atoms with Crippen molar-refractivity contribution in [3.05, 3.63) is 40.0 Å². The average Bonchev–Trinajstić information content (AvgIpc) is 2.60. The lowest BCUT2D eigenvalue weighted by molar-refractivity contribution is 0.0692. The molecule has 3 nitrogen and oxygen atoms in total. The SMILES string of the molecule is Cc1nc(C(=O)O)c(-c2cccc(Cl)c2)s1. The van der Waals surface area contributed by atoms with Crippen molar-refractivity contribution in [2.45, 2.75) is 6.92 Å². The second-order valence-electron chi connectivity index (χ2n) is 3.23. The maximum absolute atomic E-state index is 11.0. The van der Waals surface area contributed by atoms with Gasteiger partial charge in [0, 0.05) is 5.02 Å². The number of rotatable bonds is 2. The second kappa shape index (κ2) is 4.23. The van der Waals surface area contributed by atoms with Gasteiger partial charge < -0.3 is 5.11 Å². The average molecular weight is 254 g/mol. The highest BCUT2D eigenvalue weighted by atomic mass is 35.5. The number of carboxylic acids is 1. The van der Waals surface area contributed by atoms with E-state index in [0.29, 0.717) is 9.90 Å². The van der Waals surface area contributed by atoms with E-state index in [4.69, 9.17) is 16.7 Å². The molecule has 0 fully saturated rings. The fourth-order valence-electron chi connectivity index (χ4n) is 1.40. The predicted molar refractivity (Wildman–Crippen MR) is 64.3 cm³/mol. The summed E-state index contributed by atoms with van der Waals surface area (Å²) in [6.07, 6.45) is 0. The van der Waals surface area contributed by atoms with Gasteiger partial charge in [-0.1, -0.05) is 23.7 Å². The Hall–Kier alpha value is -1.39. The highest BCUT2D eigenvalue weighted by molar-refractivity contribution is 7.15. The van der Waals surface area contributed by atoms with E-state index in [1.165, 1.54) is 11.3 Å². The number of hydrogen-bond donors (Lipinski definition) is 1. The van der Waals surface area contributed by atoms with Crippen molar-refractivity contribution >= 4 is 28.9 Å². The predicted octanol–water partition coefficient (Wildman–Crippen LogP) is 3.47. The van der Waals surface area contributed by atoms with Gasteiger partial charge in [-0.15, -0.1) is 11.3 Å². The van der Waals surface area contributed by atoms with Crippen LogP contribution in [0.15, 0.2) is 24.3 Å². The van der Waals surface area contributed by atoms with Crippen LogP contribution in [-0.2, 0) is 0 Å². The van der Waals surface area contributed by atoms with Crippen LogP contribution >= 0.6 is 22.9 Å². The summed E-state index contributed by atoms with van der Waals surface area (Å²) in [5, 5.41) is 10.3. The van der Waals surface area contributed by atoms with Crippen molar-refractivity contribution in [2.75, 3.05) is 0 Å². The lowest BCUT2D eigenvalue weighted by Gasteiger charge is -1.99. The Bertz CT molecular complexity index is 551. The Kier molecular flexibility index (Phi) is 2.94. The van der Waals surface area contributed by atoms with Gasteiger partial charge in [-0.2, -0.15) is 0 Å². The first-order valence-corrected chi connectivity index (χ1v) is 5.74. The van der Waals surface area contributed by atoms with Crippen LogP contribution in [0.1, 0.15) is 15.5 Å². The van der Waals surface area contributed by atoms with Crippen LogP contribution in [0.3, 0.4) is 0 Å². The molecule has 1 aromatic carbocycles. The molecule has 0 saturated heterocycles. The number of carbonyl (C=O) groups is 1. The number of nitrogens with zero attached hydrogens (tertiary/aromatic N) is 1. The molecule has 0 unspecified atom stereocenters. The van der Waals surface area contributed by atoms with Crippen LogP contribution in [0.2, 0.25) is 5.02 Å². The molecule has 0 saturated carbocycles. The maximum Gasteiger partial charge on any atom is 0.356 e. The van der Waals surface area contributed by atoms with E-state index >= 15 is 0 Å². The Labute approximate surface area is 101 Å². The molecule has 1 heterocycles. The minimum absolute atomic E-state index is 0.0877. The van der Waals surface area contributed by atoms with Crippen molar-refractivity contribution in [3.63, 3.8) is 0 Å². The second-order valence-corrected chi connectivity index (χ2v) is 4.87. The summed E-state index contributed by atoms with van der Waals surface area (Å²) in [6, 6.07) is 7.10. The number of benzene rings is 1. The van der Waals surface area contributed by atoms with E-state index in [0.717, 1.165) is 10.6 Å². The standard InChI is InChI=1S/C11H8ClNO2S/c1-6-13-9(11(14)15)10(16-6)7-3-2-4-8(12)5-7/h2-5H,1H3,(H,14,15). The molecule has 0 radical (unpaired) electrons. The summed E-state index contributed by atoms with van der Waals surface area (Å²) in [5.74, 6) is -1.01. The van der Waals surface area contributed by atoms with Gasteiger partial charge in [0.1, 0.15) is 0 Å². The zero-order valence-electron chi connectivity index (χ0n) is 8.40. The number of aromatic nitrogens is 1. The van der Waals surface area contributed by atoms with Gasteiger partial charge in [-0.3, -0.25) is 0 Å². The van der Waals surface area contributed by atoms with Crippen molar-refractivity contribution in [1.29, 1.82) is 0 Å². The topological polar surface area (TPSA) is 50.2 Å². The quantitative estimate of drug-likeness (QED) is 0.892. The smallest absolute Gasteiger partial charge is 0.356 e. The van der Waals surface area contributed by atoms with Gasteiger partial charge in [0.25, 0.3) is 0 Å². The molecule has 0 aliphatic carbocycles. The van der Waals surface area contributed by atoms with Gasteiger partial charge in [0.05, 0.1) is 9.88 Å². The van der Waals surface area contributed by atoms with Gasteiger partial charge in [-0.25, -0.2) is 9.78 Å². The molecule has 0 bridgehead atoms. The molecule has 82 valence electrons. The Morgan fingerprint density at radius 1 is 1.50 bits per heavy atom. The molecular weight excluding hydrogens is 246 g/mol. The van der Waals surface area contributed by atoms with E-state index in [-0.39, 0.29) is 5.69 Å².